The number of likely N-dealkylation sites (tertiary alicyclic amines) is 1. The van der Waals surface area contributed by atoms with Gasteiger partial charge in [-0.3, -0.25) is 19.3 Å². The third-order valence-electron chi connectivity index (χ3n) is 2.95. The lowest BCUT2D eigenvalue weighted by atomic mass is 10.2. The maximum atomic E-state index is 11.8. The zero-order chi connectivity index (χ0) is 13.8. The first-order chi connectivity index (χ1) is 9.06. The summed E-state index contributed by atoms with van der Waals surface area (Å²) >= 11 is 1.64. The third kappa shape index (κ3) is 3.64. The van der Waals surface area contributed by atoms with Crippen LogP contribution in [-0.4, -0.2) is 35.2 Å². The fourth-order valence-corrected chi connectivity index (χ4v) is 2.88. The van der Waals surface area contributed by atoms with Gasteiger partial charge in [-0.15, -0.1) is 11.3 Å². The van der Waals surface area contributed by atoms with E-state index in [2.05, 4.69) is 5.32 Å². The van der Waals surface area contributed by atoms with Crippen LogP contribution in [0, 0.1) is 0 Å². The Labute approximate surface area is 115 Å². The van der Waals surface area contributed by atoms with Crippen molar-refractivity contribution in [3.8, 4) is 0 Å². The zero-order valence-corrected chi connectivity index (χ0v) is 11.5. The van der Waals surface area contributed by atoms with Crippen molar-refractivity contribution in [2.45, 2.75) is 32.2 Å². The van der Waals surface area contributed by atoms with E-state index in [4.69, 9.17) is 0 Å². The summed E-state index contributed by atoms with van der Waals surface area (Å²) in [6.45, 7) is 1.75. The van der Waals surface area contributed by atoms with Crippen molar-refractivity contribution < 1.29 is 14.4 Å². The summed E-state index contributed by atoms with van der Waals surface area (Å²) in [5, 5.41) is 4.80. The van der Waals surface area contributed by atoms with E-state index in [1.165, 1.54) is 4.88 Å². The minimum Gasteiger partial charge on any atom is -0.352 e. The van der Waals surface area contributed by atoms with Crippen molar-refractivity contribution >= 4 is 29.1 Å². The predicted octanol–water partition coefficient (Wildman–Crippen LogP) is 0.944. The van der Waals surface area contributed by atoms with Gasteiger partial charge in [-0.2, -0.15) is 0 Å². The van der Waals surface area contributed by atoms with Gasteiger partial charge >= 0.3 is 0 Å². The topological polar surface area (TPSA) is 66.5 Å². The number of carbonyl (C=O) groups is 3. The maximum Gasteiger partial charge on any atom is 0.240 e. The van der Waals surface area contributed by atoms with E-state index in [-0.39, 0.29) is 43.1 Å². The summed E-state index contributed by atoms with van der Waals surface area (Å²) in [5.41, 5.74) is 0. The Kier molecular flexibility index (Phi) is 4.31. The molecule has 0 aliphatic carbocycles. The highest BCUT2D eigenvalue weighted by molar-refractivity contribution is 7.09. The lowest BCUT2D eigenvalue weighted by Gasteiger charge is -2.17. The molecule has 1 atom stereocenters. The molecule has 5 nitrogen and oxygen atoms in total. The van der Waals surface area contributed by atoms with Crippen molar-refractivity contribution in [1.29, 1.82) is 0 Å². The molecular weight excluding hydrogens is 264 g/mol. The molecule has 1 aliphatic heterocycles. The molecule has 0 saturated carbocycles. The Morgan fingerprint density at radius 1 is 1.42 bits per heavy atom. The van der Waals surface area contributed by atoms with Gasteiger partial charge in [-0.1, -0.05) is 6.07 Å². The number of hydrogen-bond donors (Lipinski definition) is 1. The van der Waals surface area contributed by atoms with Gasteiger partial charge in [-0.25, -0.2) is 0 Å². The molecule has 1 aromatic heterocycles. The Bertz CT molecular complexity index is 468. The van der Waals surface area contributed by atoms with Crippen LogP contribution >= 0.6 is 11.3 Å². The van der Waals surface area contributed by atoms with Gasteiger partial charge < -0.3 is 5.32 Å². The van der Waals surface area contributed by atoms with Crippen LogP contribution < -0.4 is 5.32 Å². The zero-order valence-electron chi connectivity index (χ0n) is 10.7. The molecule has 1 saturated heterocycles. The van der Waals surface area contributed by atoms with Crippen LogP contribution in [0.1, 0.15) is 24.6 Å². The first kappa shape index (κ1) is 13.7. The monoisotopic (exact) mass is 280 g/mol. The lowest BCUT2D eigenvalue weighted by Crippen LogP contribution is -2.43. The molecule has 0 unspecified atom stereocenters. The van der Waals surface area contributed by atoms with E-state index in [9.17, 15) is 14.4 Å². The van der Waals surface area contributed by atoms with Gasteiger partial charge in [0.25, 0.3) is 0 Å². The standard InChI is InChI=1S/C13H16N2O3S/c1-9(7-10-3-2-6-19-10)14-11(16)8-15-12(17)4-5-13(15)18/h2-3,6,9H,4-5,7-8H2,1H3,(H,14,16)/t9-/m1/s1. The molecule has 2 heterocycles. The molecule has 1 aliphatic rings. The molecule has 6 heteroatoms. The minimum absolute atomic E-state index is 0.0149. The molecule has 102 valence electrons. The molecular formula is C13H16N2O3S. The molecule has 3 amide bonds. The number of hydrogen-bond acceptors (Lipinski definition) is 4. The van der Waals surface area contributed by atoms with Crippen LogP contribution in [0.25, 0.3) is 0 Å². The molecule has 1 fully saturated rings. The maximum absolute atomic E-state index is 11.8. The van der Waals surface area contributed by atoms with Crippen molar-refractivity contribution in [2.75, 3.05) is 6.54 Å². The van der Waals surface area contributed by atoms with Crippen LogP contribution in [0.15, 0.2) is 17.5 Å². The molecule has 0 radical (unpaired) electrons. The molecule has 1 N–H and O–H groups in total. The summed E-state index contributed by atoms with van der Waals surface area (Å²) in [4.78, 5) is 36.8. The summed E-state index contributed by atoms with van der Waals surface area (Å²) in [5.74, 6) is -0.801. The van der Waals surface area contributed by atoms with E-state index >= 15 is 0 Å². The summed E-state index contributed by atoms with van der Waals surface area (Å²) in [6.07, 6.45) is 1.19. The largest absolute Gasteiger partial charge is 0.352 e. The molecule has 19 heavy (non-hydrogen) atoms. The Morgan fingerprint density at radius 2 is 2.11 bits per heavy atom. The van der Waals surface area contributed by atoms with E-state index < -0.39 is 0 Å². The number of rotatable bonds is 5. The quantitative estimate of drug-likeness (QED) is 0.816. The summed E-state index contributed by atoms with van der Waals surface area (Å²) in [6, 6.07) is 3.97. The van der Waals surface area contributed by atoms with Gasteiger partial charge in [0.2, 0.25) is 17.7 Å². The highest BCUT2D eigenvalue weighted by Crippen LogP contribution is 2.12. The van der Waals surface area contributed by atoms with Gasteiger partial charge in [0, 0.05) is 30.2 Å². The normalized spacial score (nSPS) is 16.8. The second-order valence-electron chi connectivity index (χ2n) is 4.63. The first-order valence-electron chi connectivity index (χ1n) is 6.21. The SMILES string of the molecule is C[C@H](Cc1cccs1)NC(=O)CN1C(=O)CCC1=O. The van der Waals surface area contributed by atoms with Crippen molar-refractivity contribution in [1.82, 2.24) is 10.2 Å². The first-order valence-corrected chi connectivity index (χ1v) is 7.09. The highest BCUT2D eigenvalue weighted by Gasteiger charge is 2.30. The molecule has 0 aromatic carbocycles. The van der Waals surface area contributed by atoms with E-state index in [0.29, 0.717) is 0 Å². The Balaban J connectivity index is 1.80. The van der Waals surface area contributed by atoms with Gasteiger partial charge in [-0.05, 0) is 18.4 Å². The second kappa shape index (κ2) is 5.97. The average Bonchev–Trinajstić information content (AvgIpc) is 2.94. The molecule has 0 bridgehead atoms. The number of nitrogens with one attached hydrogen (secondary N) is 1. The van der Waals surface area contributed by atoms with Crippen LogP contribution in [0.4, 0.5) is 0 Å². The van der Waals surface area contributed by atoms with E-state index in [1.807, 2.05) is 24.4 Å². The van der Waals surface area contributed by atoms with Gasteiger partial charge in [0.05, 0.1) is 0 Å². The fourth-order valence-electron chi connectivity index (χ4n) is 2.04. The van der Waals surface area contributed by atoms with Crippen molar-refractivity contribution in [3.05, 3.63) is 22.4 Å². The van der Waals surface area contributed by atoms with E-state index in [1.54, 1.807) is 11.3 Å². The van der Waals surface area contributed by atoms with Gasteiger partial charge in [0.1, 0.15) is 6.54 Å². The fraction of sp³-hybridized carbons (Fsp3) is 0.462. The highest BCUT2D eigenvalue weighted by atomic mass is 32.1. The summed E-state index contributed by atoms with van der Waals surface area (Å²) in [7, 11) is 0. The number of nitrogens with zero attached hydrogens (tertiary/aromatic N) is 1. The number of amides is 3. The number of imide groups is 1. The molecule has 2 rings (SSSR count). The minimum atomic E-state index is -0.285. The number of thiophene rings is 1. The smallest absolute Gasteiger partial charge is 0.240 e. The molecule has 0 spiro atoms. The summed E-state index contributed by atoms with van der Waals surface area (Å²) < 4.78 is 0. The van der Waals surface area contributed by atoms with Gasteiger partial charge in [0.15, 0.2) is 0 Å². The Hall–Kier alpha value is -1.69. The average molecular weight is 280 g/mol. The lowest BCUT2D eigenvalue weighted by molar-refractivity contribution is -0.142. The third-order valence-corrected chi connectivity index (χ3v) is 3.85. The van der Waals surface area contributed by atoms with Crippen molar-refractivity contribution in [2.24, 2.45) is 0 Å². The predicted molar refractivity (Wildman–Crippen MR) is 71.6 cm³/mol. The van der Waals surface area contributed by atoms with Crippen LogP contribution in [0.5, 0.6) is 0 Å². The Morgan fingerprint density at radius 3 is 2.68 bits per heavy atom. The van der Waals surface area contributed by atoms with Crippen LogP contribution in [0.2, 0.25) is 0 Å². The number of carbonyl (C=O) groups excluding carboxylic acids is 3. The van der Waals surface area contributed by atoms with Crippen LogP contribution in [-0.2, 0) is 20.8 Å². The van der Waals surface area contributed by atoms with Crippen molar-refractivity contribution in [3.63, 3.8) is 0 Å². The molecule has 1 aromatic rings. The van der Waals surface area contributed by atoms with E-state index in [0.717, 1.165) is 11.3 Å². The second-order valence-corrected chi connectivity index (χ2v) is 5.66. The van der Waals surface area contributed by atoms with Crippen LogP contribution in [0.3, 0.4) is 0 Å².